The van der Waals surface area contributed by atoms with E-state index in [1.54, 1.807) is 0 Å². The van der Waals surface area contributed by atoms with Crippen LogP contribution in [0.3, 0.4) is 0 Å². The topological polar surface area (TPSA) is 15.3 Å². The van der Waals surface area contributed by atoms with Crippen molar-refractivity contribution in [3.63, 3.8) is 0 Å². The molecule has 4 rings (SSSR count). The van der Waals surface area contributed by atoms with E-state index in [1.807, 2.05) is 0 Å². The van der Waals surface area contributed by atoms with Crippen LogP contribution in [0.15, 0.2) is 30.3 Å². The van der Waals surface area contributed by atoms with Crippen molar-refractivity contribution in [1.82, 2.24) is 10.2 Å². The highest BCUT2D eigenvalue weighted by molar-refractivity contribution is 5.21. The van der Waals surface area contributed by atoms with E-state index >= 15 is 0 Å². The van der Waals surface area contributed by atoms with Gasteiger partial charge in [0.1, 0.15) is 0 Å². The Morgan fingerprint density at radius 2 is 1.95 bits per heavy atom. The number of hydrogen-bond acceptors (Lipinski definition) is 2. The summed E-state index contributed by atoms with van der Waals surface area (Å²) in [5.74, 6) is 0.959. The van der Waals surface area contributed by atoms with Gasteiger partial charge in [-0.25, -0.2) is 0 Å². The first-order chi connectivity index (χ1) is 10.3. The lowest BCUT2D eigenvalue weighted by atomic mass is 9.95. The largest absolute Gasteiger partial charge is 0.311 e. The highest BCUT2D eigenvalue weighted by atomic mass is 15.2. The van der Waals surface area contributed by atoms with E-state index in [0.29, 0.717) is 11.5 Å². The molecule has 2 saturated carbocycles. The van der Waals surface area contributed by atoms with Gasteiger partial charge in [0.2, 0.25) is 0 Å². The minimum atomic E-state index is 0.574. The van der Waals surface area contributed by atoms with E-state index in [1.165, 1.54) is 50.8 Å². The summed E-state index contributed by atoms with van der Waals surface area (Å²) >= 11 is 0. The summed E-state index contributed by atoms with van der Waals surface area (Å²) in [4.78, 5) is 2.81. The van der Waals surface area contributed by atoms with Crippen molar-refractivity contribution in [3.05, 3.63) is 35.9 Å². The van der Waals surface area contributed by atoms with Crippen molar-refractivity contribution in [2.75, 3.05) is 19.6 Å². The van der Waals surface area contributed by atoms with Crippen LogP contribution in [0.4, 0.5) is 0 Å². The molecule has 0 bridgehead atoms. The smallest absolute Gasteiger partial charge is 0.0473 e. The third-order valence-corrected chi connectivity index (χ3v) is 6.07. The van der Waals surface area contributed by atoms with Crippen LogP contribution in [0.2, 0.25) is 0 Å². The van der Waals surface area contributed by atoms with Gasteiger partial charge in [0, 0.05) is 31.7 Å². The second-order valence-corrected chi connectivity index (χ2v) is 7.56. The first kappa shape index (κ1) is 13.8. The minimum absolute atomic E-state index is 0.574. The maximum Gasteiger partial charge on any atom is 0.0473 e. The zero-order valence-corrected chi connectivity index (χ0v) is 13.2. The third kappa shape index (κ3) is 2.89. The number of rotatable bonds is 5. The van der Waals surface area contributed by atoms with E-state index in [0.717, 1.165) is 18.5 Å². The summed E-state index contributed by atoms with van der Waals surface area (Å²) < 4.78 is 0. The van der Waals surface area contributed by atoms with Crippen molar-refractivity contribution >= 4 is 0 Å². The van der Waals surface area contributed by atoms with Gasteiger partial charge < -0.3 is 5.32 Å². The van der Waals surface area contributed by atoms with Gasteiger partial charge in [-0.1, -0.05) is 37.3 Å². The van der Waals surface area contributed by atoms with E-state index < -0.39 is 0 Å². The van der Waals surface area contributed by atoms with Crippen molar-refractivity contribution < 1.29 is 0 Å². The molecule has 1 aliphatic heterocycles. The molecule has 0 radical (unpaired) electrons. The summed E-state index contributed by atoms with van der Waals surface area (Å²) in [6.07, 6.45) is 7.14. The summed E-state index contributed by atoms with van der Waals surface area (Å²) in [6.45, 7) is 6.08. The van der Waals surface area contributed by atoms with Gasteiger partial charge in [0.05, 0.1) is 0 Å². The lowest BCUT2D eigenvalue weighted by molar-refractivity contribution is 0.0958. The monoisotopic (exact) mass is 284 g/mol. The Bertz CT molecular complexity index is 476. The fraction of sp³-hybridized carbons (Fsp3) is 0.684. The van der Waals surface area contributed by atoms with Crippen LogP contribution in [-0.2, 0) is 0 Å². The van der Waals surface area contributed by atoms with Crippen LogP contribution in [0.1, 0.15) is 50.6 Å². The summed E-state index contributed by atoms with van der Waals surface area (Å²) in [5, 5.41) is 3.84. The van der Waals surface area contributed by atoms with Crippen LogP contribution in [0.5, 0.6) is 0 Å². The van der Waals surface area contributed by atoms with E-state index in [9.17, 15) is 0 Å². The van der Waals surface area contributed by atoms with Crippen LogP contribution in [0.25, 0.3) is 0 Å². The molecular weight excluding hydrogens is 256 g/mol. The second kappa shape index (κ2) is 5.40. The molecule has 1 N–H and O–H groups in total. The zero-order valence-electron chi connectivity index (χ0n) is 13.2. The van der Waals surface area contributed by atoms with Gasteiger partial charge in [-0.15, -0.1) is 0 Å². The SMILES string of the molecule is CCC1(CN2CC(C3CC3)NCC2c2ccccc2)CC1. The highest BCUT2D eigenvalue weighted by Gasteiger charge is 2.45. The Morgan fingerprint density at radius 3 is 2.57 bits per heavy atom. The maximum absolute atomic E-state index is 3.84. The molecule has 1 heterocycles. The quantitative estimate of drug-likeness (QED) is 0.888. The van der Waals surface area contributed by atoms with Crippen molar-refractivity contribution in [2.45, 2.75) is 51.1 Å². The third-order valence-electron chi connectivity index (χ3n) is 6.07. The molecule has 2 nitrogen and oxygen atoms in total. The van der Waals surface area contributed by atoms with Gasteiger partial charge in [0.25, 0.3) is 0 Å². The molecule has 0 amide bonds. The lowest BCUT2D eigenvalue weighted by Crippen LogP contribution is -2.54. The van der Waals surface area contributed by atoms with Crippen LogP contribution >= 0.6 is 0 Å². The molecule has 0 spiro atoms. The number of piperazine rings is 1. The molecule has 1 aromatic carbocycles. The van der Waals surface area contributed by atoms with Gasteiger partial charge in [0.15, 0.2) is 0 Å². The van der Waals surface area contributed by atoms with Crippen LogP contribution < -0.4 is 5.32 Å². The van der Waals surface area contributed by atoms with Crippen LogP contribution in [0, 0.1) is 11.3 Å². The summed E-state index contributed by atoms with van der Waals surface area (Å²) in [7, 11) is 0. The van der Waals surface area contributed by atoms with Gasteiger partial charge in [-0.2, -0.15) is 0 Å². The highest BCUT2D eigenvalue weighted by Crippen LogP contribution is 2.50. The van der Waals surface area contributed by atoms with E-state index in [4.69, 9.17) is 0 Å². The molecule has 2 atom stereocenters. The van der Waals surface area contributed by atoms with Gasteiger partial charge in [-0.3, -0.25) is 4.90 Å². The first-order valence-electron chi connectivity index (χ1n) is 8.82. The van der Waals surface area contributed by atoms with Crippen molar-refractivity contribution in [2.24, 2.45) is 11.3 Å². The molecule has 3 fully saturated rings. The number of nitrogens with one attached hydrogen (secondary N) is 1. The molecule has 1 saturated heterocycles. The van der Waals surface area contributed by atoms with Gasteiger partial charge in [-0.05, 0) is 49.0 Å². The Balaban J connectivity index is 1.52. The number of hydrogen-bond donors (Lipinski definition) is 1. The van der Waals surface area contributed by atoms with Gasteiger partial charge >= 0.3 is 0 Å². The van der Waals surface area contributed by atoms with E-state index in [2.05, 4.69) is 47.5 Å². The Hall–Kier alpha value is -0.860. The van der Waals surface area contributed by atoms with Crippen molar-refractivity contribution in [1.29, 1.82) is 0 Å². The molecule has 3 aliphatic rings. The number of benzene rings is 1. The predicted octanol–water partition coefficient (Wildman–Crippen LogP) is 3.60. The predicted molar refractivity (Wildman–Crippen MR) is 87.2 cm³/mol. The Morgan fingerprint density at radius 1 is 1.19 bits per heavy atom. The molecule has 1 aromatic rings. The number of nitrogens with zero attached hydrogens (tertiary/aromatic N) is 1. The van der Waals surface area contributed by atoms with Crippen molar-refractivity contribution in [3.8, 4) is 0 Å². The average Bonchev–Trinajstić information content (AvgIpc) is 3.43. The lowest BCUT2D eigenvalue weighted by Gasteiger charge is -2.42. The maximum atomic E-state index is 3.84. The molecule has 0 aromatic heterocycles. The summed E-state index contributed by atoms with van der Waals surface area (Å²) in [6, 6.07) is 12.4. The molecular formula is C19H28N2. The average molecular weight is 284 g/mol. The molecule has 2 heteroatoms. The molecule has 21 heavy (non-hydrogen) atoms. The zero-order chi connectivity index (χ0) is 14.3. The second-order valence-electron chi connectivity index (χ2n) is 7.56. The normalized spacial score (nSPS) is 32.0. The molecule has 2 unspecified atom stereocenters. The van der Waals surface area contributed by atoms with E-state index in [-0.39, 0.29) is 0 Å². The molecule has 114 valence electrons. The fourth-order valence-electron chi connectivity index (χ4n) is 4.06. The Kier molecular flexibility index (Phi) is 3.55. The standard InChI is InChI=1S/C19H28N2/c1-2-19(10-11-19)14-21-13-17(15-8-9-15)20-12-18(21)16-6-4-3-5-7-16/h3-7,15,17-18,20H,2,8-14H2,1H3. The fourth-order valence-corrected chi connectivity index (χ4v) is 4.06. The minimum Gasteiger partial charge on any atom is -0.311 e. The molecule has 2 aliphatic carbocycles. The first-order valence-corrected chi connectivity index (χ1v) is 8.82. The van der Waals surface area contributed by atoms with Crippen LogP contribution in [-0.4, -0.2) is 30.6 Å². The Labute approximate surface area is 128 Å². The summed E-state index contributed by atoms with van der Waals surface area (Å²) in [5.41, 5.74) is 2.14.